The molecule has 0 saturated carbocycles. The van der Waals surface area contributed by atoms with Crippen LogP contribution in [0.25, 0.3) is 0 Å². The first-order valence-electron chi connectivity index (χ1n) is 5.91. The number of hydrogen-bond acceptors (Lipinski definition) is 4. The normalized spacial score (nSPS) is 10.4. The van der Waals surface area contributed by atoms with Gasteiger partial charge >= 0.3 is 5.97 Å². The van der Waals surface area contributed by atoms with Crippen molar-refractivity contribution in [2.24, 2.45) is 0 Å². The molecule has 0 fully saturated rings. The van der Waals surface area contributed by atoms with Crippen LogP contribution in [-0.4, -0.2) is 22.0 Å². The van der Waals surface area contributed by atoms with E-state index in [9.17, 15) is 9.59 Å². The molecular formula is C13H10Cl2N2O3S. The smallest absolute Gasteiger partial charge is 0.338 e. The summed E-state index contributed by atoms with van der Waals surface area (Å²) in [6, 6.07) is 4.27. The first-order chi connectivity index (χ1) is 9.90. The van der Waals surface area contributed by atoms with Gasteiger partial charge in [-0.1, -0.05) is 30.1 Å². The van der Waals surface area contributed by atoms with Crippen LogP contribution in [-0.2, 0) is 6.42 Å². The predicted molar refractivity (Wildman–Crippen MR) is 82.9 cm³/mol. The number of aromatic nitrogens is 1. The van der Waals surface area contributed by atoms with Gasteiger partial charge in [-0.05, 0) is 24.6 Å². The molecule has 0 aliphatic carbocycles. The topological polar surface area (TPSA) is 79.3 Å². The average Bonchev–Trinajstić information content (AvgIpc) is 2.80. The molecular weight excluding hydrogens is 335 g/mol. The fourth-order valence-corrected chi connectivity index (χ4v) is 3.08. The number of halogens is 2. The van der Waals surface area contributed by atoms with Crippen LogP contribution in [0, 0.1) is 0 Å². The van der Waals surface area contributed by atoms with Crippen LogP contribution in [0.2, 0.25) is 10.3 Å². The molecule has 0 radical (unpaired) electrons. The monoisotopic (exact) mass is 344 g/mol. The lowest BCUT2D eigenvalue weighted by Gasteiger charge is -2.05. The van der Waals surface area contributed by atoms with Crippen molar-refractivity contribution >= 4 is 51.4 Å². The van der Waals surface area contributed by atoms with Gasteiger partial charge in [0.1, 0.15) is 15.3 Å². The van der Waals surface area contributed by atoms with Crippen LogP contribution in [0.4, 0.5) is 5.00 Å². The van der Waals surface area contributed by atoms with Gasteiger partial charge in [0, 0.05) is 10.4 Å². The van der Waals surface area contributed by atoms with Crippen molar-refractivity contribution in [2.45, 2.75) is 13.3 Å². The summed E-state index contributed by atoms with van der Waals surface area (Å²) in [5.41, 5.74) is 0.277. The second-order valence-electron chi connectivity index (χ2n) is 4.07. The molecule has 21 heavy (non-hydrogen) atoms. The molecule has 110 valence electrons. The SMILES string of the molecule is CCc1cc(C(=O)O)c(NC(=O)c2cc(Cl)nc(Cl)c2)s1. The van der Waals surface area contributed by atoms with Crippen molar-refractivity contribution in [1.82, 2.24) is 4.98 Å². The second kappa shape index (κ2) is 6.43. The zero-order valence-electron chi connectivity index (χ0n) is 10.8. The average molecular weight is 345 g/mol. The highest BCUT2D eigenvalue weighted by Crippen LogP contribution is 2.29. The molecule has 0 aliphatic rings. The van der Waals surface area contributed by atoms with Crippen LogP contribution < -0.4 is 5.32 Å². The molecule has 0 bridgehead atoms. The van der Waals surface area contributed by atoms with Crippen LogP contribution in [0.1, 0.15) is 32.5 Å². The minimum atomic E-state index is -1.09. The van der Waals surface area contributed by atoms with Crippen molar-refractivity contribution in [3.63, 3.8) is 0 Å². The molecule has 0 aliphatic heterocycles. The summed E-state index contributed by atoms with van der Waals surface area (Å²) in [5.74, 6) is -1.58. The molecule has 0 spiro atoms. The molecule has 2 heterocycles. The van der Waals surface area contributed by atoms with E-state index in [1.165, 1.54) is 23.5 Å². The van der Waals surface area contributed by atoms with Crippen molar-refractivity contribution < 1.29 is 14.7 Å². The van der Waals surface area contributed by atoms with Gasteiger partial charge in [-0.2, -0.15) is 0 Å². The van der Waals surface area contributed by atoms with Crippen molar-refractivity contribution in [2.75, 3.05) is 5.32 Å². The van der Waals surface area contributed by atoms with Gasteiger partial charge in [0.2, 0.25) is 0 Å². The van der Waals surface area contributed by atoms with Crippen molar-refractivity contribution in [3.05, 3.63) is 44.5 Å². The van der Waals surface area contributed by atoms with Crippen LogP contribution >= 0.6 is 34.5 Å². The number of pyridine rings is 1. The Balaban J connectivity index is 2.30. The zero-order chi connectivity index (χ0) is 15.6. The maximum absolute atomic E-state index is 12.1. The number of aryl methyl sites for hydroxylation is 1. The Morgan fingerprint density at radius 2 is 1.90 bits per heavy atom. The third-order valence-electron chi connectivity index (χ3n) is 2.61. The summed E-state index contributed by atoms with van der Waals surface area (Å²) in [4.78, 5) is 27.9. The highest BCUT2D eigenvalue weighted by molar-refractivity contribution is 7.16. The van der Waals surface area contributed by atoms with E-state index in [-0.39, 0.29) is 26.4 Å². The number of nitrogens with one attached hydrogen (secondary N) is 1. The van der Waals surface area contributed by atoms with E-state index < -0.39 is 11.9 Å². The first kappa shape index (κ1) is 15.8. The minimum absolute atomic E-state index is 0.0662. The molecule has 8 heteroatoms. The Morgan fingerprint density at radius 1 is 1.29 bits per heavy atom. The lowest BCUT2D eigenvalue weighted by molar-refractivity contribution is 0.0698. The molecule has 2 aromatic heterocycles. The molecule has 5 nitrogen and oxygen atoms in total. The fourth-order valence-electron chi connectivity index (χ4n) is 1.64. The number of carboxylic acid groups (broad SMARTS) is 1. The molecule has 0 saturated heterocycles. The van der Waals surface area contributed by atoms with Crippen LogP contribution in [0.15, 0.2) is 18.2 Å². The van der Waals surface area contributed by atoms with Gasteiger partial charge in [0.05, 0.1) is 5.56 Å². The Labute approximate surface area is 134 Å². The lowest BCUT2D eigenvalue weighted by atomic mass is 10.2. The number of nitrogens with zero attached hydrogens (tertiary/aromatic N) is 1. The number of thiophene rings is 1. The molecule has 2 aromatic rings. The number of amides is 1. The van der Waals surface area contributed by atoms with Gasteiger partial charge in [-0.15, -0.1) is 11.3 Å². The third kappa shape index (κ3) is 3.72. The maximum Gasteiger partial charge on any atom is 0.338 e. The quantitative estimate of drug-likeness (QED) is 0.822. The lowest BCUT2D eigenvalue weighted by Crippen LogP contribution is -2.13. The van der Waals surface area contributed by atoms with E-state index in [4.69, 9.17) is 28.3 Å². The maximum atomic E-state index is 12.1. The Hall–Kier alpha value is -1.63. The fraction of sp³-hybridized carbons (Fsp3) is 0.154. The predicted octanol–water partition coefficient (Wildman–Crippen LogP) is 3.96. The van der Waals surface area contributed by atoms with E-state index >= 15 is 0 Å². The number of carbonyl (C=O) groups is 2. The molecule has 0 unspecified atom stereocenters. The second-order valence-corrected chi connectivity index (χ2v) is 5.98. The molecule has 0 aromatic carbocycles. The van der Waals surface area contributed by atoms with Gasteiger partial charge in [-0.3, -0.25) is 4.79 Å². The van der Waals surface area contributed by atoms with Gasteiger partial charge in [0.25, 0.3) is 5.91 Å². The Bertz CT molecular complexity index is 695. The van der Waals surface area contributed by atoms with E-state index in [1.54, 1.807) is 6.07 Å². The van der Waals surface area contributed by atoms with Crippen molar-refractivity contribution in [3.8, 4) is 0 Å². The molecule has 2 N–H and O–H groups in total. The largest absolute Gasteiger partial charge is 0.478 e. The number of carboxylic acids is 1. The Kier molecular flexibility index (Phi) is 4.82. The van der Waals surface area contributed by atoms with E-state index in [0.717, 1.165) is 4.88 Å². The standard InChI is InChI=1S/C13H10Cl2N2O3S/c1-2-7-5-8(13(19)20)12(21-7)17-11(18)6-3-9(14)16-10(15)4-6/h3-5H,2H2,1H3,(H,17,18)(H,19,20). The summed E-state index contributed by atoms with van der Waals surface area (Å²) in [5, 5.41) is 12.2. The Morgan fingerprint density at radius 3 is 2.43 bits per heavy atom. The summed E-state index contributed by atoms with van der Waals surface area (Å²) in [6.45, 7) is 1.91. The molecule has 1 amide bonds. The van der Waals surface area contributed by atoms with E-state index in [0.29, 0.717) is 6.42 Å². The number of anilines is 1. The summed E-state index contributed by atoms with van der Waals surface area (Å²) in [7, 11) is 0. The van der Waals surface area contributed by atoms with Gasteiger partial charge in [-0.25, -0.2) is 9.78 Å². The number of carbonyl (C=O) groups excluding carboxylic acids is 1. The van der Waals surface area contributed by atoms with E-state index in [1.807, 2.05) is 6.92 Å². The van der Waals surface area contributed by atoms with Gasteiger partial charge in [0.15, 0.2) is 0 Å². The number of rotatable bonds is 4. The summed E-state index contributed by atoms with van der Waals surface area (Å²) in [6.07, 6.45) is 0.688. The number of aromatic carboxylic acids is 1. The van der Waals surface area contributed by atoms with Crippen LogP contribution in [0.5, 0.6) is 0 Å². The minimum Gasteiger partial charge on any atom is -0.478 e. The third-order valence-corrected chi connectivity index (χ3v) is 4.20. The highest BCUT2D eigenvalue weighted by atomic mass is 35.5. The highest BCUT2D eigenvalue weighted by Gasteiger charge is 2.18. The summed E-state index contributed by atoms with van der Waals surface area (Å²) >= 11 is 12.7. The van der Waals surface area contributed by atoms with E-state index in [2.05, 4.69) is 10.3 Å². The summed E-state index contributed by atoms with van der Waals surface area (Å²) < 4.78 is 0. The van der Waals surface area contributed by atoms with Gasteiger partial charge < -0.3 is 10.4 Å². The van der Waals surface area contributed by atoms with Crippen LogP contribution in [0.3, 0.4) is 0 Å². The zero-order valence-corrected chi connectivity index (χ0v) is 13.1. The first-order valence-corrected chi connectivity index (χ1v) is 7.48. The molecule has 2 rings (SSSR count). The van der Waals surface area contributed by atoms with Crippen molar-refractivity contribution in [1.29, 1.82) is 0 Å². The molecule has 0 atom stereocenters. The number of hydrogen-bond donors (Lipinski definition) is 2.